The number of halogens is 1. The molecule has 1 aliphatic heterocycles. The third-order valence-corrected chi connectivity index (χ3v) is 2.87. The molecule has 1 fully saturated rings. The van der Waals surface area contributed by atoms with Gasteiger partial charge in [-0.05, 0) is 31.9 Å². The molecule has 1 unspecified atom stereocenters. The smallest absolute Gasteiger partial charge is 0.270 e. The number of carbonyl (C=O) groups is 1. The molecule has 2 rings (SSSR count). The summed E-state index contributed by atoms with van der Waals surface area (Å²) in [5, 5.41) is 2.72. The summed E-state index contributed by atoms with van der Waals surface area (Å²) in [4.78, 5) is 15.2. The topological polar surface area (TPSA) is 51.2 Å². The monoisotopic (exact) mass is 238 g/mol. The number of carbonyl (C=O) groups excluding carboxylic acids is 1. The van der Waals surface area contributed by atoms with Crippen LogP contribution in [0.5, 0.6) is 0 Å². The summed E-state index contributed by atoms with van der Waals surface area (Å²) >= 11 is 0. The van der Waals surface area contributed by atoms with Gasteiger partial charge in [-0.2, -0.15) is 4.39 Å². The fourth-order valence-electron chi connectivity index (χ4n) is 1.87. The van der Waals surface area contributed by atoms with Crippen LogP contribution in [0.4, 0.5) is 4.39 Å². The maximum Gasteiger partial charge on any atom is 0.270 e. The molecule has 0 aromatic carbocycles. The third-order valence-electron chi connectivity index (χ3n) is 2.87. The summed E-state index contributed by atoms with van der Waals surface area (Å²) < 4.78 is 18.4. The molecule has 1 saturated heterocycles. The summed E-state index contributed by atoms with van der Waals surface area (Å²) in [6, 6.07) is 4.15. The maximum atomic E-state index is 12.8. The Morgan fingerprint density at radius 3 is 3.12 bits per heavy atom. The van der Waals surface area contributed by atoms with E-state index in [4.69, 9.17) is 4.74 Å². The number of pyridine rings is 1. The highest BCUT2D eigenvalue weighted by Gasteiger charge is 2.30. The zero-order valence-corrected chi connectivity index (χ0v) is 9.70. The molecule has 1 atom stereocenters. The van der Waals surface area contributed by atoms with Crippen LogP contribution in [0.2, 0.25) is 0 Å². The number of hydrogen-bond donors (Lipinski definition) is 1. The van der Waals surface area contributed by atoms with Crippen molar-refractivity contribution in [3.05, 3.63) is 29.8 Å². The average molecular weight is 238 g/mol. The molecular weight excluding hydrogens is 223 g/mol. The van der Waals surface area contributed by atoms with Gasteiger partial charge >= 0.3 is 0 Å². The van der Waals surface area contributed by atoms with Gasteiger partial charge < -0.3 is 10.1 Å². The van der Waals surface area contributed by atoms with E-state index in [1.165, 1.54) is 18.2 Å². The van der Waals surface area contributed by atoms with Crippen LogP contribution in [0.1, 0.15) is 30.3 Å². The van der Waals surface area contributed by atoms with E-state index in [-0.39, 0.29) is 17.2 Å². The zero-order chi connectivity index (χ0) is 12.3. The standard InChI is InChI=1S/C12H15FN2O2/c1-12(6-3-7-17-12)8-14-11(16)9-4-2-5-10(13)15-9/h2,4-5H,3,6-8H2,1H3,(H,14,16). The molecule has 1 N–H and O–H groups in total. The summed E-state index contributed by atoms with van der Waals surface area (Å²) in [7, 11) is 0. The molecule has 4 nitrogen and oxygen atoms in total. The van der Waals surface area contributed by atoms with Crippen molar-refractivity contribution in [1.82, 2.24) is 10.3 Å². The first-order valence-electron chi connectivity index (χ1n) is 5.64. The molecule has 2 heterocycles. The molecule has 92 valence electrons. The van der Waals surface area contributed by atoms with E-state index in [0.29, 0.717) is 6.54 Å². The van der Waals surface area contributed by atoms with Crippen molar-refractivity contribution in [1.29, 1.82) is 0 Å². The van der Waals surface area contributed by atoms with Crippen LogP contribution < -0.4 is 5.32 Å². The Labute approximate surface area is 99.2 Å². The lowest BCUT2D eigenvalue weighted by atomic mass is 10.0. The van der Waals surface area contributed by atoms with Gasteiger partial charge in [0.25, 0.3) is 5.91 Å². The molecule has 1 aromatic rings. The maximum absolute atomic E-state index is 12.8. The second-order valence-corrected chi connectivity index (χ2v) is 4.43. The van der Waals surface area contributed by atoms with Crippen LogP contribution in [0, 0.1) is 5.95 Å². The average Bonchev–Trinajstić information content (AvgIpc) is 2.74. The van der Waals surface area contributed by atoms with Crippen LogP contribution in [-0.4, -0.2) is 29.6 Å². The molecule has 1 amide bonds. The fraction of sp³-hybridized carbons (Fsp3) is 0.500. The molecule has 17 heavy (non-hydrogen) atoms. The Bertz CT molecular complexity index is 417. The quantitative estimate of drug-likeness (QED) is 0.812. The number of nitrogens with one attached hydrogen (secondary N) is 1. The number of amides is 1. The Kier molecular flexibility index (Phi) is 3.38. The first-order valence-corrected chi connectivity index (χ1v) is 5.64. The molecule has 0 radical (unpaired) electrons. The summed E-state index contributed by atoms with van der Waals surface area (Å²) in [5.41, 5.74) is -0.213. The zero-order valence-electron chi connectivity index (χ0n) is 9.70. The van der Waals surface area contributed by atoms with Crippen LogP contribution >= 0.6 is 0 Å². The molecule has 0 aliphatic carbocycles. The van der Waals surface area contributed by atoms with Crippen molar-refractivity contribution in [3.63, 3.8) is 0 Å². The normalized spacial score (nSPS) is 23.6. The first kappa shape index (κ1) is 12.0. The molecular formula is C12H15FN2O2. The van der Waals surface area contributed by atoms with E-state index in [1.807, 2.05) is 6.92 Å². The molecule has 5 heteroatoms. The van der Waals surface area contributed by atoms with Crippen molar-refractivity contribution in [3.8, 4) is 0 Å². The van der Waals surface area contributed by atoms with Gasteiger partial charge in [0.05, 0.1) is 5.60 Å². The third kappa shape index (κ3) is 3.00. The summed E-state index contributed by atoms with van der Waals surface area (Å²) in [6.07, 6.45) is 1.93. The molecule has 0 saturated carbocycles. The first-order chi connectivity index (χ1) is 8.09. The number of ether oxygens (including phenoxy) is 1. The van der Waals surface area contributed by atoms with Gasteiger partial charge in [-0.1, -0.05) is 6.07 Å². The Morgan fingerprint density at radius 2 is 2.47 bits per heavy atom. The predicted molar refractivity (Wildman–Crippen MR) is 60.1 cm³/mol. The highest BCUT2D eigenvalue weighted by Crippen LogP contribution is 2.23. The van der Waals surface area contributed by atoms with Gasteiger partial charge in [-0.25, -0.2) is 4.98 Å². The number of aromatic nitrogens is 1. The van der Waals surface area contributed by atoms with E-state index in [0.717, 1.165) is 19.4 Å². The van der Waals surface area contributed by atoms with E-state index in [9.17, 15) is 9.18 Å². The largest absolute Gasteiger partial charge is 0.373 e. The van der Waals surface area contributed by atoms with Gasteiger partial charge in [0.1, 0.15) is 5.69 Å². The van der Waals surface area contributed by atoms with Gasteiger partial charge in [0, 0.05) is 13.2 Å². The lowest BCUT2D eigenvalue weighted by Gasteiger charge is -2.23. The lowest BCUT2D eigenvalue weighted by molar-refractivity contribution is 0.0205. The van der Waals surface area contributed by atoms with E-state index in [2.05, 4.69) is 10.3 Å². The van der Waals surface area contributed by atoms with E-state index < -0.39 is 5.95 Å². The van der Waals surface area contributed by atoms with Gasteiger partial charge in [0.2, 0.25) is 5.95 Å². The van der Waals surface area contributed by atoms with Crippen LogP contribution in [0.15, 0.2) is 18.2 Å². The van der Waals surface area contributed by atoms with Gasteiger partial charge in [-0.3, -0.25) is 4.79 Å². The Balaban J connectivity index is 1.93. The van der Waals surface area contributed by atoms with Crippen molar-refractivity contribution in [2.75, 3.05) is 13.2 Å². The van der Waals surface area contributed by atoms with Crippen LogP contribution in [0.3, 0.4) is 0 Å². The van der Waals surface area contributed by atoms with Crippen molar-refractivity contribution >= 4 is 5.91 Å². The summed E-state index contributed by atoms with van der Waals surface area (Å²) in [5.74, 6) is -1.03. The fourth-order valence-corrected chi connectivity index (χ4v) is 1.87. The molecule has 0 bridgehead atoms. The van der Waals surface area contributed by atoms with Crippen molar-refractivity contribution in [2.45, 2.75) is 25.4 Å². The molecule has 1 aliphatic rings. The number of rotatable bonds is 3. The van der Waals surface area contributed by atoms with Gasteiger partial charge in [-0.15, -0.1) is 0 Å². The number of hydrogen-bond acceptors (Lipinski definition) is 3. The minimum absolute atomic E-state index is 0.0894. The van der Waals surface area contributed by atoms with Crippen molar-refractivity contribution in [2.24, 2.45) is 0 Å². The van der Waals surface area contributed by atoms with Crippen molar-refractivity contribution < 1.29 is 13.9 Å². The lowest BCUT2D eigenvalue weighted by Crippen LogP contribution is -2.40. The van der Waals surface area contributed by atoms with Crippen LogP contribution in [-0.2, 0) is 4.74 Å². The van der Waals surface area contributed by atoms with E-state index >= 15 is 0 Å². The highest BCUT2D eigenvalue weighted by molar-refractivity contribution is 5.92. The second kappa shape index (κ2) is 4.79. The minimum atomic E-state index is -0.652. The highest BCUT2D eigenvalue weighted by atomic mass is 19.1. The second-order valence-electron chi connectivity index (χ2n) is 4.43. The van der Waals surface area contributed by atoms with Gasteiger partial charge in [0.15, 0.2) is 0 Å². The van der Waals surface area contributed by atoms with Crippen LogP contribution in [0.25, 0.3) is 0 Å². The Morgan fingerprint density at radius 1 is 1.65 bits per heavy atom. The SMILES string of the molecule is CC1(CNC(=O)c2cccc(F)n2)CCCO1. The predicted octanol–water partition coefficient (Wildman–Crippen LogP) is 1.52. The number of nitrogens with zero attached hydrogens (tertiary/aromatic N) is 1. The van der Waals surface area contributed by atoms with E-state index in [1.54, 1.807) is 0 Å². The Hall–Kier alpha value is -1.49. The minimum Gasteiger partial charge on any atom is -0.373 e. The molecule has 0 spiro atoms. The summed E-state index contributed by atoms with van der Waals surface area (Å²) in [6.45, 7) is 3.11. The molecule has 1 aromatic heterocycles.